The van der Waals surface area contributed by atoms with E-state index in [1.54, 1.807) is 25.3 Å². The molecule has 194 valence electrons. The summed E-state index contributed by atoms with van der Waals surface area (Å²) in [6.45, 7) is 2.31. The highest BCUT2D eigenvalue weighted by Crippen LogP contribution is 2.45. The third kappa shape index (κ3) is 3.80. The largest absolute Gasteiger partial charge is 0.380 e. The second-order valence-corrected chi connectivity index (χ2v) is 9.64. The minimum absolute atomic E-state index is 0.0816. The first kappa shape index (κ1) is 24.5. The Kier molecular flexibility index (Phi) is 5.77. The van der Waals surface area contributed by atoms with Crippen LogP contribution < -0.4 is 17.0 Å². The number of carbonyl (C=O) groups is 1. The number of aromatic nitrogens is 2. The van der Waals surface area contributed by atoms with Gasteiger partial charge < -0.3 is 10.5 Å². The topological polar surface area (TPSA) is 95.8 Å². The maximum atomic E-state index is 14.3. The molecule has 39 heavy (non-hydrogen) atoms. The Morgan fingerprint density at radius 1 is 1.00 bits per heavy atom. The minimum Gasteiger partial charge on any atom is -0.380 e. The van der Waals surface area contributed by atoms with Crippen molar-refractivity contribution in [2.24, 2.45) is 5.73 Å². The molecule has 0 fully saturated rings. The Morgan fingerprint density at radius 2 is 1.79 bits per heavy atom. The van der Waals surface area contributed by atoms with Crippen LogP contribution in [0.4, 0.5) is 4.39 Å². The standard InChI is InChI=1S/C31H24FN3O4/c1-17-20(5-3-7-26(17)35-28(36)15-27-25(32)6-4-12-34(27)31(35)38)22-10-11-23(30(33)37)24-14-19-13-18(16-39-2)8-9-21(19)29(22)24/h3-13,15H,14,16H2,1-2H3,(H2,33,37). The summed E-state index contributed by atoms with van der Waals surface area (Å²) in [6.07, 6.45) is 1.98. The zero-order valence-electron chi connectivity index (χ0n) is 21.3. The number of ether oxygens (including phenoxy) is 1. The highest BCUT2D eigenvalue weighted by Gasteiger charge is 2.27. The van der Waals surface area contributed by atoms with Crippen LogP contribution in [0.5, 0.6) is 0 Å². The quantitative estimate of drug-likeness (QED) is 0.364. The maximum Gasteiger partial charge on any atom is 0.340 e. The van der Waals surface area contributed by atoms with Crippen LogP contribution in [0.1, 0.15) is 32.6 Å². The predicted octanol–water partition coefficient (Wildman–Crippen LogP) is 4.38. The van der Waals surface area contributed by atoms with E-state index in [0.717, 1.165) is 54.0 Å². The number of fused-ring (bicyclic) bond motifs is 4. The molecule has 1 aliphatic rings. The Bertz CT molecular complexity index is 1960. The fourth-order valence-electron chi connectivity index (χ4n) is 5.64. The van der Waals surface area contributed by atoms with Crippen molar-refractivity contribution in [3.05, 3.63) is 127 Å². The van der Waals surface area contributed by atoms with Gasteiger partial charge in [0.15, 0.2) is 0 Å². The number of carbonyl (C=O) groups excluding carboxylic acids is 1. The van der Waals surface area contributed by atoms with Crippen molar-refractivity contribution in [2.45, 2.75) is 20.0 Å². The average Bonchev–Trinajstić information content (AvgIpc) is 3.29. The smallest absolute Gasteiger partial charge is 0.340 e. The molecule has 5 aromatic rings. The van der Waals surface area contributed by atoms with Gasteiger partial charge in [0.25, 0.3) is 5.56 Å². The molecule has 0 bridgehead atoms. The number of nitrogens with two attached hydrogens (primary N) is 1. The lowest BCUT2D eigenvalue weighted by atomic mass is 9.89. The van der Waals surface area contributed by atoms with Crippen LogP contribution in [0.25, 0.3) is 33.5 Å². The molecule has 0 aliphatic heterocycles. The van der Waals surface area contributed by atoms with E-state index in [9.17, 15) is 18.8 Å². The summed E-state index contributed by atoms with van der Waals surface area (Å²) in [5, 5.41) is 0. The first-order chi connectivity index (χ1) is 18.8. The van der Waals surface area contributed by atoms with E-state index in [0.29, 0.717) is 29.8 Å². The zero-order valence-corrected chi connectivity index (χ0v) is 21.3. The average molecular weight is 522 g/mol. The Morgan fingerprint density at radius 3 is 2.56 bits per heavy atom. The number of nitrogens with zero attached hydrogens (tertiary/aromatic N) is 2. The first-order valence-electron chi connectivity index (χ1n) is 12.4. The van der Waals surface area contributed by atoms with Crippen molar-refractivity contribution >= 4 is 11.4 Å². The van der Waals surface area contributed by atoms with Crippen molar-refractivity contribution < 1.29 is 13.9 Å². The molecule has 0 saturated carbocycles. The van der Waals surface area contributed by atoms with Gasteiger partial charge in [0, 0.05) is 24.9 Å². The normalized spacial score (nSPS) is 12.0. The van der Waals surface area contributed by atoms with Crippen LogP contribution in [0.15, 0.2) is 82.5 Å². The maximum absolute atomic E-state index is 14.3. The van der Waals surface area contributed by atoms with Crippen LogP contribution in [0.2, 0.25) is 0 Å². The van der Waals surface area contributed by atoms with Gasteiger partial charge in [0.05, 0.1) is 17.8 Å². The molecule has 0 unspecified atom stereocenters. The summed E-state index contributed by atoms with van der Waals surface area (Å²) in [7, 11) is 1.64. The van der Waals surface area contributed by atoms with Crippen LogP contribution in [-0.4, -0.2) is 22.0 Å². The van der Waals surface area contributed by atoms with Gasteiger partial charge in [-0.3, -0.25) is 14.0 Å². The molecule has 0 saturated heterocycles. The molecule has 7 nitrogen and oxygen atoms in total. The molecule has 2 N–H and O–H groups in total. The fourth-order valence-corrected chi connectivity index (χ4v) is 5.64. The molecule has 6 rings (SSSR count). The van der Waals surface area contributed by atoms with Crippen LogP contribution in [0, 0.1) is 12.7 Å². The van der Waals surface area contributed by atoms with E-state index in [4.69, 9.17) is 10.5 Å². The zero-order chi connectivity index (χ0) is 27.4. The molecule has 0 atom stereocenters. The summed E-state index contributed by atoms with van der Waals surface area (Å²) < 4.78 is 21.8. The summed E-state index contributed by atoms with van der Waals surface area (Å²) in [4.78, 5) is 38.8. The van der Waals surface area contributed by atoms with Gasteiger partial charge in [-0.25, -0.2) is 13.8 Å². The van der Waals surface area contributed by atoms with Crippen LogP contribution in [0.3, 0.4) is 0 Å². The number of benzene rings is 3. The number of pyridine rings is 1. The molecule has 0 radical (unpaired) electrons. The van der Waals surface area contributed by atoms with Gasteiger partial charge in [-0.2, -0.15) is 0 Å². The number of primary amides is 1. The Balaban J connectivity index is 1.59. The molecule has 0 spiro atoms. The highest BCUT2D eigenvalue weighted by atomic mass is 19.1. The monoisotopic (exact) mass is 521 g/mol. The second kappa shape index (κ2) is 9.18. The lowest BCUT2D eigenvalue weighted by molar-refractivity contribution is 0.0999. The van der Waals surface area contributed by atoms with Gasteiger partial charge in [-0.05, 0) is 82.1 Å². The molecule has 3 aromatic carbocycles. The number of rotatable bonds is 5. The molecule has 2 aromatic heterocycles. The summed E-state index contributed by atoms with van der Waals surface area (Å²) in [5.41, 5.74) is 12.4. The van der Waals surface area contributed by atoms with Crippen molar-refractivity contribution in [3.8, 4) is 27.9 Å². The Labute approximate surface area is 222 Å². The molecular weight excluding hydrogens is 497 g/mol. The molecule has 8 heteroatoms. The van der Waals surface area contributed by atoms with Gasteiger partial charge >= 0.3 is 5.69 Å². The highest BCUT2D eigenvalue weighted by molar-refractivity contribution is 6.02. The van der Waals surface area contributed by atoms with E-state index in [1.807, 2.05) is 31.2 Å². The third-order valence-electron chi connectivity index (χ3n) is 7.39. The molecule has 1 amide bonds. The van der Waals surface area contributed by atoms with Crippen molar-refractivity contribution in [1.82, 2.24) is 8.97 Å². The van der Waals surface area contributed by atoms with Gasteiger partial charge in [-0.1, -0.05) is 36.4 Å². The number of hydrogen-bond donors (Lipinski definition) is 1. The van der Waals surface area contributed by atoms with E-state index in [-0.39, 0.29) is 5.52 Å². The van der Waals surface area contributed by atoms with Gasteiger partial charge in [0.2, 0.25) is 5.91 Å². The molecule has 1 aliphatic carbocycles. The van der Waals surface area contributed by atoms with Gasteiger partial charge in [-0.15, -0.1) is 0 Å². The number of amides is 1. The van der Waals surface area contributed by atoms with E-state index in [2.05, 4.69) is 6.07 Å². The van der Waals surface area contributed by atoms with E-state index >= 15 is 0 Å². The first-order valence-corrected chi connectivity index (χ1v) is 12.4. The molecule has 2 heterocycles. The Hall–Kier alpha value is -4.82. The van der Waals surface area contributed by atoms with Crippen LogP contribution >= 0.6 is 0 Å². The third-order valence-corrected chi connectivity index (χ3v) is 7.39. The summed E-state index contributed by atoms with van der Waals surface area (Å²) in [6, 6.07) is 18.8. The predicted molar refractivity (Wildman–Crippen MR) is 147 cm³/mol. The summed E-state index contributed by atoms with van der Waals surface area (Å²) in [5.74, 6) is -1.15. The van der Waals surface area contributed by atoms with Crippen LogP contribution in [-0.2, 0) is 17.8 Å². The molecular formula is C31H24FN3O4. The fraction of sp³-hybridized carbons (Fsp3) is 0.129. The SMILES string of the molecule is COCc1ccc2c(c1)Cc1c(C(N)=O)ccc(-c3cccc(-n4c(=O)cc5c(F)cccn5c4=O)c3C)c1-2. The van der Waals surface area contributed by atoms with E-state index < -0.39 is 23.0 Å². The second-order valence-electron chi connectivity index (χ2n) is 9.64. The number of halogens is 1. The number of hydrogen-bond acceptors (Lipinski definition) is 4. The lowest BCUT2D eigenvalue weighted by Crippen LogP contribution is -2.36. The van der Waals surface area contributed by atoms with E-state index in [1.165, 1.54) is 18.3 Å². The van der Waals surface area contributed by atoms with Crippen molar-refractivity contribution in [2.75, 3.05) is 7.11 Å². The minimum atomic E-state index is -0.664. The van der Waals surface area contributed by atoms with Crippen molar-refractivity contribution in [1.29, 1.82) is 0 Å². The van der Waals surface area contributed by atoms with Gasteiger partial charge in [0.1, 0.15) is 5.82 Å². The number of methoxy groups -OCH3 is 1. The lowest BCUT2D eigenvalue weighted by Gasteiger charge is -2.17. The van der Waals surface area contributed by atoms with Crippen molar-refractivity contribution in [3.63, 3.8) is 0 Å². The summed E-state index contributed by atoms with van der Waals surface area (Å²) >= 11 is 0.